The van der Waals surface area contributed by atoms with Gasteiger partial charge in [-0.15, -0.1) is 0 Å². The number of aromatic nitrogens is 2. The maximum atomic E-state index is 10.7. The molecule has 0 spiro atoms. The van der Waals surface area contributed by atoms with Gasteiger partial charge in [-0.2, -0.15) is 0 Å². The molecule has 0 saturated heterocycles. The van der Waals surface area contributed by atoms with Crippen molar-refractivity contribution in [3.8, 4) is 11.8 Å². The van der Waals surface area contributed by atoms with Crippen molar-refractivity contribution in [2.75, 3.05) is 7.11 Å². The number of hydrogen-bond donors (Lipinski definition) is 0. The van der Waals surface area contributed by atoms with Crippen LogP contribution in [0.3, 0.4) is 0 Å². The van der Waals surface area contributed by atoms with Crippen LogP contribution < -0.4 is 0 Å². The first-order valence-corrected chi connectivity index (χ1v) is 4.55. The summed E-state index contributed by atoms with van der Waals surface area (Å²) in [7, 11) is 1.32. The van der Waals surface area contributed by atoms with Gasteiger partial charge >= 0.3 is 5.97 Å². The van der Waals surface area contributed by atoms with Gasteiger partial charge in [0.2, 0.25) is 0 Å². The molecule has 1 aromatic rings. The summed E-state index contributed by atoms with van der Waals surface area (Å²) in [4.78, 5) is 18.6. The summed E-state index contributed by atoms with van der Waals surface area (Å²) in [6, 6.07) is 0. The molecule has 0 N–H and O–H groups in total. The molecule has 0 aliphatic carbocycles. The summed E-state index contributed by atoms with van der Waals surface area (Å²) >= 11 is 3.15. The van der Waals surface area contributed by atoms with Crippen LogP contribution in [0, 0.1) is 11.8 Å². The third kappa shape index (κ3) is 3.54. The minimum Gasteiger partial charge on any atom is -0.468 e. The first-order chi connectivity index (χ1) is 6.72. The number of ether oxygens (including phenoxy) is 1. The van der Waals surface area contributed by atoms with Gasteiger partial charge in [-0.1, -0.05) is 5.92 Å². The quantitative estimate of drug-likeness (QED) is 0.558. The third-order valence-electron chi connectivity index (χ3n) is 1.30. The summed E-state index contributed by atoms with van der Waals surface area (Å²) in [5.74, 6) is 4.96. The molecule has 0 aromatic carbocycles. The number of carbonyl (C=O) groups is 1. The van der Waals surface area contributed by atoms with Crippen LogP contribution in [-0.4, -0.2) is 23.0 Å². The highest BCUT2D eigenvalue weighted by atomic mass is 79.9. The Kier molecular flexibility index (Phi) is 4.08. The van der Waals surface area contributed by atoms with Crippen molar-refractivity contribution in [2.24, 2.45) is 0 Å². The molecule has 0 atom stereocenters. The number of carbonyl (C=O) groups excluding carboxylic acids is 1. The molecule has 0 unspecified atom stereocenters. The Balaban J connectivity index is 2.59. The lowest BCUT2D eigenvalue weighted by molar-refractivity contribution is -0.139. The summed E-state index contributed by atoms with van der Waals surface area (Å²) < 4.78 is 5.07. The van der Waals surface area contributed by atoms with E-state index in [1.54, 1.807) is 6.20 Å². The van der Waals surface area contributed by atoms with Crippen LogP contribution in [0.5, 0.6) is 0 Å². The Morgan fingerprint density at radius 1 is 1.57 bits per heavy atom. The molecule has 4 nitrogen and oxygen atoms in total. The van der Waals surface area contributed by atoms with Crippen LogP contribution in [0.4, 0.5) is 0 Å². The van der Waals surface area contributed by atoms with E-state index in [4.69, 9.17) is 0 Å². The first kappa shape index (κ1) is 10.7. The smallest absolute Gasteiger partial charge is 0.317 e. The van der Waals surface area contributed by atoms with Crippen molar-refractivity contribution in [3.05, 3.63) is 22.7 Å². The van der Waals surface area contributed by atoms with E-state index in [9.17, 15) is 4.79 Å². The predicted molar refractivity (Wildman–Crippen MR) is 53.2 cm³/mol. The van der Waals surface area contributed by atoms with Crippen LogP contribution in [0.1, 0.15) is 12.1 Å². The van der Waals surface area contributed by atoms with Crippen molar-refractivity contribution in [3.63, 3.8) is 0 Å². The Morgan fingerprint density at radius 2 is 2.36 bits per heavy atom. The summed E-state index contributed by atoms with van der Waals surface area (Å²) in [5.41, 5.74) is 0.525. The van der Waals surface area contributed by atoms with Gasteiger partial charge in [0.1, 0.15) is 16.7 Å². The largest absolute Gasteiger partial charge is 0.468 e. The monoisotopic (exact) mass is 254 g/mol. The van der Waals surface area contributed by atoms with Crippen molar-refractivity contribution in [1.29, 1.82) is 0 Å². The third-order valence-corrected chi connectivity index (χ3v) is 1.71. The van der Waals surface area contributed by atoms with Gasteiger partial charge in [0.05, 0.1) is 19.5 Å². The van der Waals surface area contributed by atoms with E-state index in [0.717, 1.165) is 0 Å². The van der Waals surface area contributed by atoms with Gasteiger partial charge in [-0.3, -0.25) is 4.79 Å². The highest BCUT2D eigenvalue weighted by Gasteiger charge is 1.94. The van der Waals surface area contributed by atoms with Gasteiger partial charge < -0.3 is 4.74 Å². The van der Waals surface area contributed by atoms with Crippen LogP contribution in [0.25, 0.3) is 0 Å². The molecule has 5 heteroatoms. The lowest BCUT2D eigenvalue weighted by atomic mass is 10.4. The normalized spacial score (nSPS) is 8.71. The molecule has 14 heavy (non-hydrogen) atoms. The minimum atomic E-state index is -0.359. The van der Waals surface area contributed by atoms with E-state index in [-0.39, 0.29) is 12.4 Å². The van der Waals surface area contributed by atoms with Crippen LogP contribution in [-0.2, 0) is 9.53 Å². The van der Waals surface area contributed by atoms with Crippen molar-refractivity contribution in [2.45, 2.75) is 6.42 Å². The molecule has 1 aromatic heterocycles. The minimum absolute atomic E-state index is 0.0637. The van der Waals surface area contributed by atoms with Crippen LogP contribution in [0.2, 0.25) is 0 Å². The summed E-state index contributed by atoms with van der Waals surface area (Å²) in [5, 5.41) is 0. The summed E-state index contributed by atoms with van der Waals surface area (Å²) in [6.07, 6.45) is 3.13. The molecule has 0 radical (unpaired) electrons. The fraction of sp³-hybridized carbons (Fsp3) is 0.222. The highest BCUT2D eigenvalue weighted by Crippen LogP contribution is 2.01. The average molecular weight is 255 g/mol. The second-order valence-corrected chi connectivity index (χ2v) is 3.09. The molecule has 0 aliphatic rings. The van der Waals surface area contributed by atoms with Gasteiger partial charge in [-0.25, -0.2) is 9.97 Å². The van der Waals surface area contributed by atoms with E-state index in [1.165, 1.54) is 13.3 Å². The Bertz CT molecular complexity index is 378. The van der Waals surface area contributed by atoms with Crippen molar-refractivity contribution in [1.82, 2.24) is 9.97 Å². The van der Waals surface area contributed by atoms with Crippen molar-refractivity contribution < 1.29 is 9.53 Å². The summed E-state index contributed by atoms with van der Waals surface area (Å²) in [6.45, 7) is 0. The van der Waals surface area contributed by atoms with Crippen molar-refractivity contribution >= 4 is 21.9 Å². The topological polar surface area (TPSA) is 52.1 Å². The van der Waals surface area contributed by atoms with Gasteiger partial charge in [0.25, 0.3) is 0 Å². The zero-order valence-electron chi connectivity index (χ0n) is 7.45. The fourth-order valence-electron chi connectivity index (χ4n) is 0.656. The molecular formula is C9H7BrN2O2. The lowest BCUT2D eigenvalue weighted by Gasteiger charge is -1.90. The van der Waals surface area contributed by atoms with E-state index < -0.39 is 0 Å². The molecular weight excluding hydrogens is 248 g/mol. The van der Waals surface area contributed by atoms with Gasteiger partial charge in [-0.05, 0) is 21.9 Å². The first-order valence-electron chi connectivity index (χ1n) is 3.75. The Hall–Kier alpha value is -1.41. The zero-order chi connectivity index (χ0) is 10.4. The standard InChI is InChI=1S/C9H7BrN2O2/c1-14-9(13)4-2-3-7-5-12-8(10)6-11-7/h5-6H,4H2,1H3. The number of halogens is 1. The number of nitrogens with zero attached hydrogens (tertiary/aromatic N) is 2. The Morgan fingerprint density at radius 3 is 2.93 bits per heavy atom. The van der Waals surface area contributed by atoms with Gasteiger partial charge in [0, 0.05) is 0 Å². The van der Waals surface area contributed by atoms with E-state index in [1.807, 2.05) is 0 Å². The van der Waals surface area contributed by atoms with Gasteiger partial charge in [0.15, 0.2) is 0 Å². The maximum Gasteiger partial charge on any atom is 0.317 e. The number of rotatable bonds is 1. The number of methoxy groups -OCH3 is 1. The molecule has 0 amide bonds. The molecule has 0 bridgehead atoms. The average Bonchev–Trinajstić information content (AvgIpc) is 2.21. The molecule has 0 fully saturated rings. The Labute approximate surface area is 89.8 Å². The fourth-order valence-corrected chi connectivity index (χ4v) is 0.861. The second kappa shape index (κ2) is 5.35. The number of esters is 1. The second-order valence-electron chi connectivity index (χ2n) is 2.28. The number of hydrogen-bond acceptors (Lipinski definition) is 4. The molecule has 72 valence electrons. The van der Waals surface area contributed by atoms with E-state index in [2.05, 4.69) is 42.5 Å². The predicted octanol–water partition coefficient (Wildman–Crippen LogP) is 1.15. The van der Waals surface area contributed by atoms with Crippen LogP contribution in [0.15, 0.2) is 17.0 Å². The lowest BCUT2D eigenvalue weighted by Crippen LogP contribution is -1.97. The molecule has 0 saturated carbocycles. The van der Waals surface area contributed by atoms with E-state index in [0.29, 0.717) is 10.3 Å². The SMILES string of the molecule is COC(=O)CC#Cc1cnc(Br)cn1. The molecule has 0 aliphatic heterocycles. The highest BCUT2D eigenvalue weighted by molar-refractivity contribution is 9.10. The maximum absolute atomic E-state index is 10.7. The van der Waals surface area contributed by atoms with E-state index >= 15 is 0 Å². The molecule has 1 heterocycles. The zero-order valence-corrected chi connectivity index (χ0v) is 9.04. The van der Waals surface area contributed by atoms with Crippen LogP contribution >= 0.6 is 15.9 Å². The molecule has 1 rings (SSSR count).